The number of carbonyl (C=O) groups excluding carboxylic acids is 2. The Labute approximate surface area is 158 Å². The molecule has 1 aliphatic rings. The summed E-state index contributed by atoms with van der Waals surface area (Å²) in [6, 6.07) is 14.2. The smallest absolute Gasteiger partial charge is 0.270 e. The molecule has 0 unspecified atom stereocenters. The van der Waals surface area contributed by atoms with Gasteiger partial charge in [0, 0.05) is 18.7 Å². The molecule has 2 amide bonds. The van der Waals surface area contributed by atoms with Gasteiger partial charge in [0.25, 0.3) is 11.8 Å². The highest BCUT2D eigenvalue weighted by atomic mass is 16.7. The number of rotatable bonds is 6. The minimum atomic E-state index is -0.330. The Morgan fingerprint density at radius 3 is 2.44 bits per heavy atom. The molecule has 3 rings (SSSR count). The van der Waals surface area contributed by atoms with E-state index in [1.165, 1.54) is 0 Å². The highest BCUT2D eigenvalue weighted by molar-refractivity contribution is 6.05. The highest BCUT2D eigenvalue weighted by Crippen LogP contribution is 2.33. The largest absolute Gasteiger partial charge is 0.454 e. The maximum atomic E-state index is 12.9. The number of fused-ring (bicyclic) bond motifs is 1. The van der Waals surface area contributed by atoms with E-state index >= 15 is 0 Å². The third-order valence-electron chi connectivity index (χ3n) is 4.27. The maximum Gasteiger partial charge on any atom is 0.270 e. The number of hydrogen-bond acceptors (Lipinski definition) is 4. The van der Waals surface area contributed by atoms with Gasteiger partial charge in [0.1, 0.15) is 5.70 Å². The van der Waals surface area contributed by atoms with Crippen LogP contribution in [-0.4, -0.2) is 36.6 Å². The summed E-state index contributed by atoms with van der Waals surface area (Å²) in [5.74, 6) is 0.718. The Kier molecular flexibility index (Phi) is 5.76. The van der Waals surface area contributed by atoms with Crippen LogP contribution in [0.5, 0.6) is 11.5 Å². The van der Waals surface area contributed by atoms with Gasteiger partial charge in [0.2, 0.25) is 6.79 Å². The first-order chi connectivity index (χ1) is 13.1. The number of benzene rings is 2. The van der Waals surface area contributed by atoms with Gasteiger partial charge >= 0.3 is 0 Å². The fourth-order valence-corrected chi connectivity index (χ4v) is 2.79. The van der Waals surface area contributed by atoms with Gasteiger partial charge in [-0.2, -0.15) is 0 Å². The molecular weight excluding hydrogens is 344 g/mol. The zero-order valence-electron chi connectivity index (χ0n) is 15.4. The van der Waals surface area contributed by atoms with E-state index in [-0.39, 0.29) is 24.3 Å². The van der Waals surface area contributed by atoms with E-state index in [1.807, 2.05) is 26.0 Å². The van der Waals surface area contributed by atoms with E-state index in [0.29, 0.717) is 30.2 Å². The van der Waals surface area contributed by atoms with Crippen LogP contribution in [0.15, 0.2) is 54.2 Å². The van der Waals surface area contributed by atoms with E-state index in [0.717, 1.165) is 5.56 Å². The lowest BCUT2D eigenvalue weighted by molar-refractivity contribution is -0.127. The molecule has 2 aromatic rings. The molecule has 0 radical (unpaired) electrons. The maximum absolute atomic E-state index is 12.9. The van der Waals surface area contributed by atoms with Crippen molar-refractivity contribution in [1.82, 2.24) is 10.2 Å². The average Bonchev–Trinajstić information content (AvgIpc) is 3.16. The molecule has 0 spiro atoms. The second-order valence-electron chi connectivity index (χ2n) is 5.97. The molecule has 0 saturated carbocycles. The minimum absolute atomic E-state index is 0.179. The van der Waals surface area contributed by atoms with Crippen molar-refractivity contribution in [2.24, 2.45) is 0 Å². The normalized spacial score (nSPS) is 12.6. The van der Waals surface area contributed by atoms with E-state index in [9.17, 15) is 9.59 Å². The van der Waals surface area contributed by atoms with Crippen molar-refractivity contribution in [3.63, 3.8) is 0 Å². The van der Waals surface area contributed by atoms with Crippen LogP contribution in [0.1, 0.15) is 29.8 Å². The molecule has 2 aromatic carbocycles. The van der Waals surface area contributed by atoms with Gasteiger partial charge in [0.15, 0.2) is 11.5 Å². The zero-order chi connectivity index (χ0) is 19.2. The van der Waals surface area contributed by atoms with E-state index in [1.54, 1.807) is 47.4 Å². The second-order valence-corrected chi connectivity index (χ2v) is 5.97. The molecule has 0 saturated heterocycles. The lowest BCUT2D eigenvalue weighted by Gasteiger charge is -2.21. The van der Waals surface area contributed by atoms with Crippen LogP contribution in [0.4, 0.5) is 0 Å². The molecule has 0 aromatic heterocycles. The van der Waals surface area contributed by atoms with Crippen LogP contribution in [0.25, 0.3) is 6.08 Å². The summed E-state index contributed by atoms with van der Waals surface area (Å²) in [7, 11) is 0. The number of nitrogens with zero attached hydrogens (tertiary/aromatic N) is 1. The SMILES string of the molecule is CCN(CC)C(=O)C(=Cc1ccc2c(c1)OCO2)NC(=O)c1ccccc1. The Morgan fingerprint density at radius 1 is 1.04 bits per heavy atom. The summed E-state index contributed by atoms with van der Waals surface area (Å²) in [5, 5.41) is 2.76. The van der Waals surface area contributed by atoms with Crippen LogP contribution in [0.2, 0.25) is 0 Å². The molecule has 0 aliphatic carbocycles. The van der Waals surface area contributed by atoms with Gasteiger partial charge in [0.05, 0.1) is 0 Å². The summed E-state index contributed by atoms with van der Waals surface area (Å²) in [5.41, 5.74) is 1.44. The van der Waals surface area contributed by atoms with Gasteiger partial charge in [-0.15, -0.1) is 0 Å². The third-order valence-corrected chi connectivity index (χ3v) is 4.27. The van der Waals surface area contributed by atoms with Gasteiger partial charge in [-0.25, -0.2) is 0 Å². The number of likely N-dealkylation sites (N-methyl/N-ethyl adjacent to an activating group) is 1. The van der Waals surface area contributed by atoms with Gasteiger partial charge in [-0.1, -0.05) is 24.3 Å². The Balaban J connectivity index is 1.91. The zero-order valence-corrected chi connectivity index (χ0v) is 15.4. The molecule has 27 heavy (non-hydrogen) atoms. The van der Waals surface area contributed by atoms with Gasteiger partial charge < -0.3 is 19.7 Å². The van der Waals surface area contributed by atoms with Gasteiger partial charge in [-0.3, -0.25) is 9.59 Å². The van der Waals surface area contributed by atoms with Crippen LogP contribution in [0, 0.1) is 0 Å². The lowest BCUT2D eigenvalue weighted by atomic mass is 10.1. The summed E-state index contributed by atoms with van der Waals surface area (Å²) < 4.78 is 10.7. The molecule has 0 bridgehead atoms. The topological polar surface area (TPSA) is 67.9 Å². The Morgan fingerprint density at radius 2 is 1.74 bits per heavy atom. The van der Waals surface area contributed by atoms with Crippen molar-refractivity contribution >= 4 is 17.9 Å². The predicted octanol–water partition coefficient (Wildman–Crippen LogP) is 3.05. The first kappa shape index (κ1) is 18.5. The number of ether oxygens (including phenoxy) is 2. The summed E-state index contributed by atoms with van der Waals surface area (Å²) in [6.07, 6.45) is 1.66. The molecule has 1 aliphatic heterocycles. The Hall–Kier alpha value is -3.28. The molecule has 0 fully saturated rings. The van der Waals surface area contributed by atoms with Crippen LogP contribution >= 0.6 is 0 Å². The highest BCUT2D eigenvalue weighted by Gasteiger charge is 2.20. The van der Waals surface area contributed by atoms with E-state index < -0.39 is 0 Å². The Bertz CT molecular complexity index is 858. The monoisotopic (exact) mass is 366 g/mol. The molecule has 6 nitrogen and oxygen atoms in total. The van der Waals surface area contributed by atoms with Crippen LogP contribution in [0.3, 0.4) is 0 Å². The molecular formula is C21H22N2O4. The number of amides is 2. The quantitative estimate of drug-likeness (QED) is 0.798. The molecule has 140 valence electrons. The van der Waals surface area contributed by atoms with Crippen molar-refractivity contribution in [2.75, 3.05) is 19.9 Å². The minimum Gasteiger partial charge on any atom is -0.454 e. The first-order valence-electron chi connectivity index (χ1n) is 8.89. The summed E-state index contributed by atoms with van der Waals surface area (Å²) >= 11 is 0. The molecule has 0 atom stereocenters. The number of nitrogens with one attached hydrogen (secondary N) is 1. The second kappa shape index (κ2) is 8.40. The molecule has 6 heteroatoms. The van der Waals surface area contributed by atoms with Crippen molar-refractivity contribution in [1.29, 1.82) is 0 Å². The fraction of sp³-hybridized carbons (Fsp3) is 0.238. The van der Waals surface area contributed by atoms with Crippen LogP contribution in [-0.2, 0) is 4.79 Å². The molecule has 1 heterocycles. The summed E-state index contributed by atoms with van der Waals surface area (Å²) in [6.45, 7) is 5.08. The van der Waals surface area contributed by atoms with Crippen molar-refractivity contribution in [3.05, 3.63) is 65.4 Å². The number of carbonyl (C=O) groups is 2. The molecule has 1 N–H and O–H groups in total. The standard InChI is InChI=1S/C21H22N2O4/c1-3-23(4-2)21(25)17(22-20(24)16-8-6-5-7-9-16)12-15-10-11-18-19(13-15)27-14-26-18/h5-13H,3-4,14H2,1-2H3,(H,22,24). The predicted molar refractivity (Wildman–Crippen MR) is 102 cm³/mol. The van der Waals surface area contributed by atoms with Gasteiger partial charge in [-0.05, 0) is 49.8 Å². The average molecular weight is 366 g/mol. The lowest BCUT2D eigenvalue weighted by Crippen LogP contribution is -2.38. The van der Waals surface area contributed by atoms with Crippen molar-refractivity contribution in [3.8, 4) is 11.5 Å². The van der Waals surface area contributed by atoms with Crippen molar-refractivity contribution in [2.45, 2.75) is 13.8 Å². The fourth-order valence-electron chi connectivity index (χ4n) is 2.79. The van der Waals surface area contributed by atoms with E-state index in [4.69, 9.17) is 9.47 Å². The van der Waals surface area contributed by atoms with Crippen molar-refractivity contribution < 1.29 is 19.1 Å². The van der Waals surface area contributed by atoms with E-state index in [2.05, 4.69) is 5.32 Å². The third kappa shape index (κ3) is 4.28. The number of hydrogen-bond donors (Lipinski definition) is 1. The first-order valence-corrected chi connectivity index (χ1v) is 8.89. The van der Waals surface area contributed by atoms with Crippen LogP contribution < -0.4 is 14.8 Å². The summed E-state index contributed by atoms with van der Waals surface area (Å²) in [4.78, 5) is 27.1.